The summed E-state index contributed by atoms with van der Waals surface area (Å²) in [6.07, 6.45) is 2.46. The van der Waals surface area contributed by atoms with Crippen LogP contribution in [0.25, 0.3) is 0 Å². The Morgan fingerprint density at radius 2 is 2.71 bits per heavy atom. The van der Waals surface area contributed by atoms with Gasteiger partial charge in [-0.15, -0.1) is 0 Å². The van der Waals surface area contributed by atoms with E-state index in [1.165, 1.54) is 13.5 Å². The molecule has 1 N–H and O–H groups in total. The van der Waals surface area contributed by atoms with Gasteiger partial charge in [-0.05, 0) is 0 Å². The molecular formula is C3H5N2O2. The molecule has 0 unspecified atom stereocenters. The van der Waals surface area contributed by atoms with Gasteiger partial charge in [0.15, 0.2) is 0 Å². The van der Waals surface area contributed by atoms with E-state index >= 15 is 0 Å². The van der Waals surface area contributed by atoms with Gasteiger partial charge in [-0.2, -0.15) is 0 Å². The molecule has 0 heterocycles. The monoisotopic (exact) mass is 101 g/mol. The fourth-order valence-electron chi connectivity index (χ4n) is 0.105. The minimum Gasteiger partial charge on any atom is -0.398 e. The molecule has 0 spiro atoms. The Bertz CT molecular complexity index is 71.3. The number of hydrogen-bond donors (Lipinski definition) is 1. The Hall–Kier alpha value is -1.06. The van der Waals surface area contributed by atoms with Crippen molar-refractivity contribution in [3.8, 4) is 0 Å². The maximum absolute atomic E-state index is 9.30. The van der Waals surface area contributed by atoms with Gasteiger partial charge in [0.25, 0.3) is 0 Å². The standard InChI is InChI=1S/C3H5N2O2/c1-7-5-2-4-3-6/h2H,1H3,(H,4,5,6). The molecule has 4 heteroatoms. The number of oxime groups is 1. The largest absolute Gasteiger partial charge is 0.398 e. The first kappa shape index (κ1) is 5.94. The minimum atomic E-state index is 1.09. The summed E-state index contributed by atoms with van der Waals surface area (Å²) in [6, 6.07) is 0. The average molecular weight is 101 g/mol. The molecule has 0 saturated carbocycles. The fraction of sp³-hybridized carbons (Fsp3) is 0.333. The summed E-state index contributed by atoms with van der Waals surface area (Å²) in [6.45, 7) is 0. The summed E-state index contributed by atoms with van der Waals surface area (Å²) in [4.78, 5) is 13.5. The van der Waals surface area contributed by atoms with Crippen LogP contribution < -0.4 is 5.32 Å². The first-order valence-corrected chi connectivity index (χ1v) is 1.59. The van der Waals surface area contributed by atoms with E-state index in [0.717, 1.165) is 6.34 Å². The average Bonchev–Trinajstić information content (AvgIpc) is 1.69. The molecule has 7 heavy (non-hydrogen) atoms. The molecule has 39 valence electrons. The summed E-state index contributed by atoms with van der Waals surface area (Å²) >= 11 is 0. The second kappa shape index (κ2) is 4.94. The number of rotatable bonds is 3. The zero-order valence-corrected chi connectivity index (χ0v) is 3.84. The maximum Gasteiger partial charge on any atom is 0.314 e. The van der Waals surface area contributed by atoms with Crippen molar-refractivity contribution >= 4 is 12.7 Å². The minimum absolute atomic E-state index is 1.09. The summed E-state index contributed by atoms with van der Waals surface area (Å²) < 4.78 is 0. The second-order valence-corrected chi connectivity index (χ2v) is 0.663. The molecule has 0 aromatic carbocycles. The number of carbonyl (C=O) groups excluding carboxylic acids is 1. The van der Waals surface area contributed by atoms with Crippen LogP contribution in [0.3, 0.4) is 0 Å². The lowest BCUT2D eigenvalue weighted by atomic mass is 11.2. The van der Waals surface area contributed by atoms with Crippen LogP contribution in [-0.2, 0) is 9.63 Å². The molecule has 0 bridgehead atoms. The van der Waals surface area contributed by atoms with E-state index in [1.807, 2.05) is 5.32 Å². The van der Waals surface area contributed by atoms with Crippen LogP contribution in [0.4, 0.5) is 0 Å². The highest BCUT2D eigenvalue weighted by atomic mass is 16.6. The highest BCUT2D eigenvalue weighted by Crippen LogP contribution is 1.55. The van der Waals surface area contributed by atoms with E-state index < -0.39 is 0 Å². The number of amides is 1. The molecule has 4 nitrogen and oxygen atoms in total. The first-order chi connectivity index (χ1) is 3.41. The van der Waals surface area contributed by atoms with Crippen LogP contribution in [0.2, 0.25) is 0 Å². The zero-order valence-electron chi connectivity index (χ0n) is 3.84. The molecule has 0 atom stereocenters. The van der Waals surface area contributed by atoms with Crippen LogP contribution in [-0.4, -0.2) is 19.9 Å². The van der Waals surface area contributed by atoms with Gasteiger partial charge in [0.05, 0.1) is 0 Å². The molecular weight excluding hydrogens is 96.0 g/mol. The lowest BCUT2D eigenvalue weighted by Crippen LogP contribution is -2.05. The van der Waals surface area contributed by atoms with Gasteiger partial charge in [-0.25, -0.2) is 0 Å². The molecule has 0 fully saturated rings. The molecule has 0 aromatic rings. The van der Waals surface area contributed by atoms with Crippen LogP contribution in [0, 0.1) is 0 Å². The summed E-state index contributed by atoms with van der Waals surface area (Å²) in [7, 11) is 1.38. The first-order valence-electron chi connectivity index (χ1n) is 1.59. The quantitative estimate of drug-likeness (QED) is 0.220. The third-order valence-corrected chi connectivity index (χ3v) is 0.282. The highest BCUT2D eigenvalue weighted by molar-refractivity contribution is 5.71. The molecule has 0 aliphatic carbocycles. The van der Waals surface area contributed by atoms with Crippen molar-refractivity contribution in [2.24, 2.45) is 5.16 Å². The van der Waals surface area contributed by atoms with Crippen LogP contribution in [0.5, 0.6) is 0 Å². The fourth-order valence-corrected chi connectivity index (χ4v) is 0.105. The van der Waals surface area contributed by atoms with E-state index in [9.17, 15) is 4.79 Å². The van der Waals surface area contributed by atoms with Crippen molar-refractivity contribution in [1.82, 2.24) is 5.32 Å². The zero-order chi connectivity index (χ0) is 5.54. The topological polar surface area (TPSA) is 50.7 Å². The van der Waals surface area contributed by atoms with Crippen molar-refractivity contribution in [1.29, 1.82) is 0 Å². The van der Waals surface area contributed by atoms with Gasteiger partial charge in [-0.1, -0.05) is 5.16 Å². The molecule has 1 amide bonds. The smallest absolute Gasteiger partial charge is 0.314 e. The number of nitrogens with zero attached hydrogens (tertiary/aromatic N) is 1. The second-order valence-electron chi connectivity index (χ2n) is 0.663. The normalized spacial score (nSPS) is 8.71. The van der Waals surface area contributed by atoms with Gasteiger partial charge in [0.2, 0.25) is 0 Å². The van der Waals surface area contributed by atoms with E-state index in [1.54, 1.807) is 0 Å². The van der Waals surface area contributed by atoms with E-state index in [-0.39, 0.29) is 0 Å². The lowest BCUT2D eigenvalue weighted by molar-refractivity contribution is 0.214. The van der Waals surface area contributed by atoms with Crippen molar-refractivity contribution in [3.05, 3.63) is 0 Å². The van der Waals surface area contributed by atoms with Gasteiger partial charge in [0.1, 0.15) is 13.4 Å². The molecule has 0 aromatic heterocycles. The molecule has 0 rings (SSSR count). The van der Waals surface area contributed by atoms with Crippen LogP contribution in [0.15, 0.2) is 5.16 Å². The Balaban J connectivity index is 2.92. The molecule has 0 aliphatic rings. The van der Waals surface area contributed by atoms with Crippen molar-refractivity contribution in [2.45, 2.75) is 0 Å². The molecule has 0 aliphatic heterocycles. The number of hydrogen-bond acceptors (Lipinski definition) is 3. The van der Waals surface area contributed by atoms with Gasteiger partial charge < -0.3 is 10.2 Å². The molecule has 0 saturated heterocycles. The van der Waals surface area contributed by atoms with Gasteiger partial charge in [-0.3, -0.25) is 4.79 Å². The van der Waals surface area contributed by atoms with E-state index in [4.69, 9.17) is 0 Å². The highest BCUT2D eigenvalue weighted by Gasteiger charge is 1.64. The predicted molar refractivity (Wildman–Crippen MR) is 24.3 cm³/mol. The summed E-state index contributed by atoms with van der Waals surface area (Å²) in [5.41, 5.74) is 0. The Labute approximate surface area is 41.1 Å². The van der Waals surface area contributed by atoms with Crippen LogP contribution in [0.1, 0.15) is 0 Å². The third-order valence-electron chi connectivity index (χ3n) is 0.282. The van der Waals surface area contributed by atoms with Crippen molar-refractivity contribution < 1.29 is 9.63 Å². The predicted octanol–water partition coefficient (Wildman–Crippen LogP) is -0.767. The maximum atomic E-state index is 9.30. The van der Waals surface area contributed by atoms with Gasteiger partial charge >= 0.3 is 6.41 Å². The summed E-state index contributed by atoms with van der Waals surface area (Å²) in [5, 5.41) is 5.19. The van der Waals surface area contributed by atoms with Crippen molar-refractivity contribution in [2.75, 3.05) is 7.11 Å². The Kier molecular flexibility index (Phi) is 4.19. The Morgan fingerprint density at radius 3 is 3.14 bits per heavy atom. The number of nitrogens with one attached hydrogen (secondary N) is 1. The summed E-state index contributed by atoms with van der Waals surface area (Å²) in [5.74, 6) is 0. The lowest BCUT2D eigenvalue weighted by Gasteiger charge is -1.80. The third kappa shape index (κ3) is 4.94. The van der Waals surface area contributed by atoms with Crippen LogP contribution >= 0.6 is 0 Å². The van der Waals surface area contributed by atoms with Crippen molar-refractivity contribution in [3.63, 3.8) is 0 Å². The SMILES string of the molecule is CON=CN[C]=O. The Morgan fingerprint density at radius 1 is 2.00 bits per heavy atom. The molecule has 1 radical (unpaired) electrons. The van der Waals surface area contributed by atoms with E-state index in [2.05, 4.69) is 9.99 Å². The van der Waals surface area contributed by atoms with Gasteiger partial charge in [0, 0.05) is 0 Å². The van der Waals surface area contributed by atoms with E-state index in [0.29, 0.717) is 0 Å².